The molecule has 0 amide bonds. The summed E-state index contributed by atoms with van der Waals surface area (Å²) in [4.78, 5) is 44.1. The summed E-state index contributed by atoms with van der Waals surface area (Å²) in [6, 6.07) is 5.70. The molecule has 9 nitrogen and oxygen atoms in total. The van der Waals surface area contributed by atoms with Crippen molar-refractivity contribution in [2.75, 3.05) is 11.9 Å². The molecule has 0 saturated heterocycles. The van der Waals surface area contributed by atoms with Gasteiger partial charge in [0.2, 0.25) is 0 Å². The summed E-state index contributed by atoms with van der Waals surface area (Å²) in [5.41, 5.74) is 0.00691. The smallest absolute Gasteiger partial charge is 0.337 e. The zero-order chi connectivity index (χ0) is 17.6. The van der Waals surface area contributed by atoms with Crippen molar-refractivity contribution in [3.63, 3.8) is 0 Å². The van der Waals surface area contributed by atoms with Crippen molar-refractivity contribution >= 4 is 29.6 Å². The Hall–Kier alpha value is -3.10. The number of hydrogen-bond donors (Lipinski definition) is 5. The van der Waals surface area contributed by atoms with Crippen LogP contribution in [0.15, 0.2) is 24.3 Å². The molecule has 1 aromatic carbocycles. The van der Waals surface area contributed by atoms with Gasteiger partial charge in [0, 0.05) is 12.2 Å². The van der Waals surface area contributed by atoms with E-state index in [2.05, 4.69) is 5.32 Å². The highest BCUT2D eigenvalue weighted by Gasteiger charge is 2.35. The van der Waals surface area contributed by atoms with Gasteiger partial charge in [-0.3, -0.25) is 14.4 Å². The number of benzene rings is 1. The molecule has 5 N–H and O–H groups in total. The van der Waals surface area contributed by atoms with Gasteiger partial charge < -0.3 is 25.7 Å². The van der Waals surface area contributed by atoms with Gasteiger partial charge in [0.05, 0.1) is 23.8 Å². The second-order valence-corrected chi connectivity index (χ2v) is 4.72. The summed E-state index contributed by atoms with van der Waals surface area (Å²) in [6.45, 7) is -0.427. The number of rotatable bonds is 9. The van der Waals surface area contributed by atoms with Crippen molar-refractivity contribution in [3.8, 4) is 0 Å². The van der Waals surface area contributed by atoms with E-state index in [-0.39, 0.29) is 11.3 Å². The molecule has 0 radical (unpaired) electrons. The van der Waals surface area contributed by atoms with E-state index in [1.165, 1.54) is 24.3 Å². The standard InChI is InChI=1S/C14H15NO8/c16-11(17)5-8(13(20)21)9(14(22)23)6-15-10-4-2-1-3-7(10)12(18)19/h1-4,8-9,15H,5-6H2,(H,16,17)(H,18,19)(H,20,21)(H,22,23). The fraction of sp³-hybridized carbons (Fsp3) is 0.286. The lowest BCUT2D eigenvalue weighted by atomic mass is 9.89. The minimum absolute atomic E-state index is 0.109. The van der Waals surface area contributed by atoms with Crippen LogP contribution in [0.2, 0.25) is 0 Å². The molecule has 2 unspecified atom stereocenters. The molecule has 0 saturated carbocycles. The van der Waals surface area contributed by atoms with Crippen molar-refractivity contribution in [2.45, 2.75) is 6.42 Å². The van der Waals surface area contributed by atoms with Crippen LogP contribution in [0.1, 0.15) is 16.8 Å². The Bertz CT molecular complexity index is 627. The van der Waals surface area contributed by atoms with E-state index in [0.29, 0.717) is 0 Å². The Morgan fingerprint density at radius 2 is 1.48 bits per heavy atom. The van der Waals surface area contributed by atoms with E-state index >= 15 is 0 Å². The lowest BCUT2D eigenvalue weighted by molar-refractivity contribution is -0.156. The summed E-state index contributed by atoms with van der Waals surface area (Å²) in [6.07, 6.45) is -0.853. The van der Waals surface area contributed by atoms with E-state index < -0.39 is 48.7 Å². The molecule has 0 aliphatic rings. The van der Waals surface area contributed by atoms with E-state index in [0.717, 1.165) is 0 Å². The number of aliphatic carboxylic acids is 3. The SMILES string of the molecule is O=C(O)CC(C(=O)O)C(CNc1ccccc1C(=O)O)C(=O)O. The first-order chi connectivity index (χ1) is 10.7. The zero-order valence-corrected chi connectivity index (χ0v) is 11.8. The molecule has 0 bridgehead atoms. The maximum atomic E-state index is 11.3. The Labute approximate surface area is 130 Å². The van der Waals surface area contributed by atoms with Crippen molar-refractivity contribution in [3.05, 3.63) is 29.8 Å². The Morgan fingerprint density at radius 3 is 1.96 bits per heavy atom. The fourth-order valence-electron chi connectivity index (χ4n) is 2.04. The van der Waals surface area contributed by atoms with Crippen LogP contribution in [0.25, 0.3) is 0 Å². The highest BCUT2D eigenvalue weighted by Crippen LogP contribution is 2.21. The van der Waals surface area contributed by atoms with Crippen molar-refractivity contribution in [2.24, 2.45) is 11.8 Å². The Balaban J connectivity index is 2.97. The third-order valence-corrected chi connectivity index (χ3v) is 3.18. The average molecular weight is 325 g/mol. The second kappa shape index (κ2) is 7.78. The molecular formula is C14H15NO8. The van der Waals surface area contributed by atoms with Gasteiger partial charge in [-0.2, -0.15) is 0 Å². The molecule has 1 aromatic rings. The number of anilines is 1. The predicted octanol–water partition coefficient (Wildman–Crippen LogP) is 0.673. The van der Waals surface area contributed by atoms with Crippen LogP contribution in [0, 0.1) is 11.8 Å². The van der Waals surface area contributed by atoms with Crippen molar-refractivity contribution < 1.29 is 39.6 Å². The summed E-state index contributed by atoms with van der Waals surface area (Å²) >= 11 is 0. The van der Waals surface area contributed by atoms with Crippen LogP contribution in [-0.2, 0) is 14.4 Å². The maximum Gasteiger partial charge on any atom is 0.337 e. The highest BCUT2D eigenvalue weighted by molar-refractivity contribution is 5.94. The van der Waals surface area contributed by atoms with Gasteiger partial charge in [-0.25, -0.2) is 4.79 Å². The largest absolute Gasteiger partial charge is 0.481 e. The number of nitrogens with one attached hydrogen (secondary N) is 1. The number of carbonyl (C=O) groups is 4. The average Bonchev–Trinajstić information content (AvgIpc) is 2.45. The summed E-state index contributed by atoms with van der Waals surface area (Å²) in [5, 5.41) is 38.5. The lowest BCUT2D eigenvalue weighted by Gasteiger charge is -2.20. The first-order valence-corrected chi connectivity index (χ1v) is 6.47. The molecule has 9 heteroatoms. The fourth-order valence-corrected chi connectivity index (χ4v) is 2.04. The van der Waals surface area contributed by atoms with Gasteiger partial charge >= 0.3 is 23.9 Å². The van der Waals surface area contributed by atoms with Gasteiger partial charge in [-0.05, 0) is 12.1 Å². The van der Waals surface area contributed by atoms with Crippen LogP contribution in [0.4, 0.5) is 5.69 Å². The molecule has 0 heterocycles. The van der Waals surface area contributed by atoms with Crippen LogP contribution in [-0.4, -0.2) is 50.8 Å². The normalized spacial score (nSPS) is 12.9. The van der Waals surface area contributed by atoms with Gasteiger partial charge in [-0.1, -0.05) is 12.1 Å². The molecule has 0 spiro atoms. The molecule has 0 fully saturated rings. The quantitative estimate of drug-likeness (QED) is 0.439. The summed E-state index contributed by atoms with van der Waals surface area (Å²) in [5.74, 6) is -8.89. The molecule has 1 rings (SSSR count). The van der Waals surface area contributed by atoms with E-state index in [9.17, 15) is 19.2 Å². The van der Waals surface area contributed by atoms with Crippen LogP contribution in [0.5, 0.6) is 0 Å². The van der Waals surface area contributed by atoms with E-state index in [1.54, 1.807) is 0 Å². The molecule has 124 valence electrons. The minimum Gasteiger partial charge on any atom is -0.481 e. The number of carboxylic acid groups (broad SMARTS) is 4. The number of aromatic carboxylic acids is 1. The van der Waals surface area contributed by atoms with E-state index in [1.807, 2.05) is 0 Å². The van der Waals surface area contributed by atoms with Crippen molar-refractivity contribution in [1.29, 1.82) is 0 Å². The third-order valence-electron chi connectivity index (χ3n) is 3.18. The topological polar surface area (TPSA) is 161 Å². The number of hydrogen-bond acceptors (Lipinski definition) is 5. The Kier molecular flexibility index (Phi) is 6.07. The van der Waals surface area contributed by atoms with Gasteiger partial charge in [0.1, 0.15) is 0 Å². The van der Waals surface area contributed by atoms with Crippen LogP contribution < -0.4 is 5.32 Å². The maximum absolute atomic E-state index is 11.3. The third kappa shape index (κ3) is 4.99. The highest BCUT2D eigenvalue weighted by atomic mass is 16.4. The van der Waals surface area contributed by atoms with E-state index in [4.69, 9.17) is 20.4 Å². The molecule has 23 heavy (non-hydrogen) atoms. The molecule has 2 atom stereocenters. The molecule has 0 aromatic heterocycles. The summed E-state index contributed by atoms with van der Waals surface area (Å²) < 4.78 is 0. The zero-order valence-electron chi connectivity index (χ0n) is 11.8. The number of para-hydroxylation sites is 1. The Morgan fingerprint density at radius 1 is 0.913 bits per heavy atom. The van der Waals surface area contributed by atoms with Gasteiger partial charge in [-0.15, -0.1) is 0 Å². The molecular weight excluding hydrogens is 310 g/mol. The monoisotopic (exact) mass is 325 g/mol. The first kappa shape index (κ1) is 18.0. The van der Waals surface area contributed by atoms with Gasteiger partial charge in [0.25, 0.3) is 0 Å². The molecule has 0 aliphatic heterocycles. The van der Waals surface area contributed by atoms with Crippen LogP contribution in [0.3, 0.4) is 0 Å². The van der Waals surface area contributed by atoms with Gasteiger partial charge in [0.15, 0.2) is 0 Å². The predicted molar refractivity (Wildman–Crippen MR) is 76.4 cm³/mol. The first-order valence-electron chi connectivity index (χ1n) is 6.47. The second-order valence-electron chi connectivity index (χ2n) is 4.72. The van der Waals surface area contributed by atoms with Crippen LogP contribution >= 0.6 is 0 Å². The lowest BCUT2D eigenvalue weighted by Crippen LogP contribution is -2.36. The minimum atomic E-state index is -1.64. The number of carboxylic acids is 4. The molecule has 0 aliphatic carbocycles. The van der Waals surface area contributed by atoms with Crippen molar-refractivity contribution in [1.82, 2.24) is 0 Å². The summed E-state index contributed by atoms with van der Waals surface area (Å²) in [7, 11) is 0.